The molecule has 0 spiro atoms. The molecule has 1 heteroatoms. The van der Waals surface area contributed by atoms with Crippen molar-refractivity contribution in [2.45, 2.75) is 28.2 Å². The highest BCUT2D eigenvalue weighted by molar-refractivity contribution is 4.78. The fraction of sp³-hybridized carbons (Fsp3) is 0.750. The number of ether oxygens (including phenoxy) is 1. The second-order valence-corrected chi connectivity index (χ2v) is 1.78. The summed E-state index contributed by atoms with van der Waals surface area (Å²) in [6.45, 7) is 10.3. The number of allylic oxidation sites excluding steroid dienone is 1. The van der Waals surface area contributed by atoms with E-state index in [4.69, 9.17) is 0 Å². The number of hydrogen-bond acceptors (Lipinski definition) is 1. The summed E-state index contributed by atoms with van der Waals surface area (Å²) in [5, 5.41) is 0. The highest BCUT2D eigenvalue weighted by Crippen LogP contribution is 1.73. The zero-order chi connectivity index (χ0) is 6.99. The zero-order valence-corrected chi connectivity index (χ0v) is 6.32. The summed E-state index contributed by atoms with van der Waals surface area (Å²) in [4.78, 5) is 0. The molecule has 9 heavy (non-hydrogen) atoms. The fourth-order valence-electron chi connectivity index (χ4n) is 0. The largest absolute Gasteiger partial charge is 0.385 e. The summed E-state index contributed by atoms with van der Waals surface area (Å²) >= 11 is 0. The Balaban J connectivity index is -0.0000000720. The van der Waals surface area contributed by atoms with Crippen LogP contribution in [0.3, 0.4) is 0 Å². The van der Waals surface area contributed by atoms with Gasteiger partial charge in [-0.25, -0.2) is 0 Å². The molecule has 0 N–H and O–H groups in total. The quantitative estimate of drug-likeness (QED) is 0.498. The lowest BCUT2D eigenvalue weighted by molar-refractivity contribution is 0.215. The summed E-state index contributed by atoms with van der Waals surface area (Å²) in [7, 11) is 1.68. The van der Waals surface area contributed by atoms with Gasteiger partial charge in [-0.05, 0) is 20.8 Å². The predicted octanol–water partition coefficient (Wildman–Crippen LogP) is 2.87. The highest BCUT2D eigenvalue weighted by atomic mass is 16.5. The van der Waals surface area contributed by atoms with Gasteiger partial charge in [0.1, 0.15) is 0 Å². The first-order chi connectivity index (χ1) is 3.65. The van der Waals surface area contributed by atoms with Gasteiger partial charge in [-0.1, -0.05) is 13.0 Å². The van der Waals surface area contributed by atoms with Gasteiger partial charge in [0.25, 0.3) is 0 Å². The van der Waals surface area contributed by atoms with Crippen LogP contribution in [0.4, 0.5) is 0 Å². The van der Waals surface area contributed by atoms with E-state index >= 15 is 0 Å². The maximum absolute atomic E-state index is 4.54. The smallest absolute Gasteiger partial charge is 0.0433 e. The minimum absolute atomic E-state index is 0. The molecule has 0 aromatic rings. The zero-order valence-electron chi connectivity index (χ0n) is 6.32. The second kappa shape index (κ2) is 15.6. The molecule has 0 unspecified atom stereocenters. The molecule has 0 aromatic carbocycles. The van der Waals surface area contributed by atoms with Crippen LogP contribution >= 0.6 is 0 Å². The van der Waals surface area contributed by atoms with Crippen LogP contribution in [0.15, 0.2) is 12.2 Å². The maximum atomic E-state index is 4.54. The van der Waals surface area contributed by atoms with Crippen LogP contribution in [0.25, 0.3) is 0 Å². The molecule has 0 atom stereocenters. The molecule has 1 nitrogen and oxygen atoms in total. The lowest BCUT2D eigenvalue weighted by atomic mass is 10.4. The Hall–Kier alpha value is -0.300. The summed E-state index contributed by atoms with van der Waals surface area (Å²) in [6.07, 6.45) is 0. The van der Waals surface area contributed by atoms with E-state index in [1.54, 1.807) is 7.11 Å². The van der Waals surface area contributed by atoms with Gasteiger partial charge in [0, 0.05) is 13.7 Å². The van der Waals surface area contributed by atoms with Crippen molar-refractivity contribution < 1.29 is 4.74 Å². The normalized spacial score (nSPS) is 6.22. The van der Waals surface area contributed by atoms with E-state index in [0.29, 0.717) is 0 Å². The second-order valence-electron chi connectivity index (χ2n) is 1.78. The van der Waals surface area contributed by atoms with Gasteiger partial charge in [0.2, 0.25) is 0 Å². The van der Waals surface area contributed by atoms with Crippen molar-refractivity contribution in [1.82, 2.24) is 0 Å². The molecule has 0 saturated carbocycles. The molecule has 0 saturated heterocycles. The lowest BCUT2D eigenvalue weighted by Crippen LogP contribution is -1.73. The molecule has 0 rings (SSSR count). The van der Waals surface area contributed by atoms with Gasteiger partial charge in [-0.2, -0.15) is 0 Å². The lowest BCUT2D eigenvalue weighted by Gasteiger charge is -1.76. The molecule has 0 fully saturated rings. The molecule has 0 radical (unpaired) electrons. The maximum Gasteiger partial charge on any atom is 0.0433 e. The van der Waals surface area contributed by atoms with Gasteiger partial charge in [-0.15, -0.1) is 6.58 Å². The Labute approximate surface area is 59.7 Å². The molecular formula is C8H20O. The number of hydrogen-bond donors (Lipinski definition) is 0. The first kappa shape index (κ1) is 15.9. The third-order valence-corrected chi connectivity index (χ3v) is 0.289. The molecule has 0 bridgehead atoms. The van der Waals surface area contributed by atoms with Crippen molar-refractivity contribution >= 4 is 0 Å². The van der Waals surface area contributed by atoms with Crippen LogP contribution in [0, 0.1) is 0 Å². The standard InChI is InChI=1S/C4H8.C3H8O.CH4/c1-4(2)3;1-3-4-2;/h1H2,2-3H3;3H2,1-2H3;1H4. The van der Waals surface area contributed by atoms with Crippen molar-refractivity contribution in [3.8, 4) is 0 Å². The van der Waals surface area contributed by atoms with Gasteiger partial charge >= 0.3 is 0 Å². The third-order valence-electron chi connectivity index (χ3n) is 0.289. The van der Waals surface area contributed by atoms with E-state index in [1.807, 2.05) is 20.8 Å². The van der Waals surface area contributed by atoms with Gasteiger partial charge in [0.15, 0.2) is 0 Å². The Kier molecular flexibility index (Phi) is 27.6. The minimum atomic E-state index is 0. The molecule has 0 heterocycles. The van der Waals surface area contributed by atoms with Crippen LogP contribution in [0.2, 0.25) is 0 Å². The van der Waals surface area contributed by atoms with E-state index in [-0.39, 0.29) is 7.43 Å². The monoisotopic (exact) mass is 132 g/mol. The Morgan fingerprint density at radius 1 is 1.44 bits per heavy atom. The summed E-state index contributed by atoms with van der Waals surface area (Å²) in [5.41, 5.74) is 1.17. The summed E-state index contributed by atoms with van der Waals surface area (Å²) in [5.74, 6) is 0. The molecular weight excluding hydrogens is 112 g/mol. The van der Waals surface area contributed by atoms with E-state index in [2.05, 4.69) is 11.3 Å². The Bertz CT molecular complexity index is 42.5. The van der Waals surface area contributed by atoms with E-state index in [1.165, 1.54) is 5.57 Å². The highest BCUT2D eigenvalue weighted by Gasteiger charge is 1.52. The molecule has 0 aliphatic carbocycles. The van der Waals surface area contributed by atoms with Gasteiger partial charge in [0.05, 0.1) is 0 Å². The topological polar surface area (TPSA) is 9.23 Å². The average Bonchev–Trinajstić information content (AvgIpc) is 1.65. The van der Waals surface area contributed by atoms with E-state index < -0.39 is 0 Å². The fourth-order valence-corrected chi connectivity index (χ4v) is 0. The van der Waals surface area contributed by atoms with Crippen molar-refractivity contribution in [3.05, 3.63) is 12.2 Å². The molecule has 0 aromatic heterocycles. The molecule has 0 aliphatic heterocycles. The van der Waals surface area contributed by atoms with Crippen molar-refractivity contribution in [2.75, 3.05) is 13.7 Å². The van der Waals surface area contributed by atoms with Gasteiger partial charge < -0.3 is 4.74 Å². The van der Waals surface area contributed by atoms with Crippen molar-refractivity contribution in [1.29, 1.82) is 0 Å². The molecule has 0 amide bonds. The first-order valence-electron chi connectivity index (χ1n) is 2.76. The van der Waals surface area contributed by atoms with Crippen LogP contribution in [0.1, 0.15) is 28.2 Å². The first-order valence-corrected chi connectivity index (χ1v) is 2.76. The Morgan fingerprint density at radius 2 is 1.56 bits per heavy atom. The number of rotatable bonds is 1. The third kappa shape index (κ3) is 511. The van der Waals surface area contributed by atoms with E-state index in [0.717, 1.165) is 6.61 Å². The summed E-state index contributed by atoms with van der Waals surface area (Å²) < 4.78 is 4.54. The van der Waals surface area contributed by atoms with Crippen LogP contribution < -0.4 is 0 Å². The SMILES string of the molecule is C.C=C(C)C.CCOC. The molecule has 58 valence electrons. The van der Waals surface area contributed by atoms with Gasteiger partial charge in [-0.3, -0.25) is 0 Å². The van der Waals surface area contributed by atoms with Crippen molar-refractivity contribution in [2.24, 2.45) is 0 Å². The minimum Gasteiger partial charge on any atom is -0.385 e. The molecule has 0 aliphatic rings. The van der Waals surface area contributed by atoms with Crippen LogP contribution in [-0.4, -0.2) is 13.7 Å². The van der Waals surface area contributed by atoms with E-state index in [9.17, 15) is 0 Å². The van der Waals surface area contributed by atoms with Crippen LogP contribution in [-0.2, 0) is 4.74 Å². The summed E-state index contributed by atoms with van der Waals surface area (Å²) in [6, 6.07) is 0. The average molecular weight is 132 g/mol. The Morgan fingerprint density at radius 3 is 1.56 bits per heavy atom. The number of methoxy groups -OCH3 is 1. The predicted molar refractivity (Wildman–Crippen MR) is 44.8 cm³/mol. The van der Waals surface area contributed by atoms with Crippen LogP contribution in [0.5, 0.6) is 0 Å². The van der Waals surface area contributed by atoms with Crippen molar-refractivity contribution in [3.63, 3.8) is 0 Å².